The highest BCUT2D eigenvalue weighted by Crippen LogP contribution is 2.14. The number of rotatable bonds is 3. The SMILES string of the molecule is CN(CC#N)S(=O)(=O)c1cccc(F)c1. The standard InChI is InChI=1S/C9H9FN2O2S/c1-12(6-5-11)15(13,14)9-4-2-3-8(10)7-9/h2-4,7H,6H2,1H3. The van der Waals surface area contributed by atoms with Crippen LogP contribution in [0.25, 0.3) is 0 Å². The minimum atomic E-state index is -3.75. The number of halogens is 1. The van der Waals surface area contributed by atoms with E-state index in [1.807, 2.05) is 0 Å². The van der Waals surface area contributed by atoms with Gasteiger partial charge in [0.1, 0.15) is 12.4 Å². The summed E-state index contributed by atoms with van der Waals surface area (Å²) in [6, 6.07) is 6.38. The third-order valence-electron chi connectivity index (χ3n) is 1.80. The van der Waals surface area contributed by atoms with Crippen molar-refractivity contribution in [3.8, 4) is 6.07 Å². The van der Waals surface area contributed by atoms with Gasteiger partial charge in [-0.25, -0.2) is 12.8 Å². The second-order valence-corrected chi connectivity index (χ2v) is 4.92. The smallest absolute Gasteiger partial charge is 0.207 e. The average Bonchev–Trinajstić information content (AvgIpc) is 2.18. The van der Waals surface area contributed by atoms with Crippen molar-refractivity contribution in [2.24, 2.45) is 0 Å². The molecular weight excluding hydrogens is 219 g/mol. The summed E-state index contributed by atoms with van der Waals surface area (Å²) < 4.78 is 37.0. The van der Waals surface area contributed by atoms with Crippen molar-refractivity contribution in [2.45, 2.75) is 4.90 Å². The van der Waals surface area contributed by atoms with E-state index in [-0.39, 0.29) is 11.4 Å². The maximum Gasteiger partial charge on any atom is 0.243 e. The zero-order valence-corrected chi connectivity index (χ0v) is 8.83. The van der Waals surface area contributed by atoms with Gasteiger partial charge in [0.2, 0.25) is 10.0 Å². The van der Waals surface area contributed by atoms with Crippen LogP contribution in [0.15, 0.2) is 29.2 Å². The average molecular weight is 228 g/mol. The lowest BCUT2D eigenvalue weighted by Gasteiger charge is -2.13. The molecule has 0 aliphatic heterocycles. The first-order chi connectivity index (χ1) is 6.98. The van der Waals surface area contributed by atoms with Gasteiger partial charge in [0.05, 0.1) is 11.0 Å². The van der Waals surface area contributed by atoms with E-state index in [1.165, 1.54) is 19.2 Å². The van der Waals surface area contributed by atoms with Gasteiger partial charge in [-0.15, -0.1) is 0 Å². The molecule has 0 aromatic heterocycles. The van der Waals surface area contributed by atoms with Crippen LogP contribution >= 0.6 is 0 Å². The van der Waals surface area contributed by atoms with Crippen LogP contribution in [0.3, 0.4) is 0 Å². The molecule has 0 aliphatic carbocycles. The molecule has 1 aromatic carbocycles. The number of sulfonamides is 1. The number of nitriles is 1. The third kappa shape index (κ3) is 2.52. The van der Waals surface area contributed by atoms with Crippen LogP contribution in [0.1, 0.15) is 0 Å². The van der Waals surface area contributed by atoms with Crippen molar-refractivity contribution in [3.05, 3.63) is 30.1 Å². The van der Waals surface area contributed by atoms with E-state index in [1.54, 1.807) is 6.07 Å². The molecule has 0 unspecified atom stereocenters. The maximum atomic E-state index is 12.8. The van der Waals surface area contributed by atoms with Gasteiger partial charge < -0.3 is 0 Å². The van der Waals surface area contributed by atoms with Crippen LogP contribution in [-0.4, -0.2) is 26.3 Å². The van der Waals surface area contributed by atoms with Gasteiger partial charge >= 0.3 is 0 Å². The van der Waals surface area contributed by atoms with Gasteiger partial charge in [-0.3, -0.25) is 0 Å². The summed E-state index contributed by atoms with van der Waals surface area (Å²) in [5.74, 6) is -0.624. The Balaban J connectivity index is 3.13. The Bertz CT molecular complexity index is 493. The van der Waals surface area contributed by atoms with Crippen LogP contribution in [0, 0.1) is 17.1 Å². The number of nitrogens with zero attached hydrogens (tertiary/aromatic N) is 2. The van der Waals surface area contributed by atoms with Crippen LogP contribution in [0.4, 0.5) is 4.39 Å². The lowest BCUT2D eigenvalue weighted by Crippen LogP contribution is -2.27. The molecule has 1 rings (SSSR count). The van der Waals surface area contributed by atoms with Crippen LogP contribution in [-0.2, 0) is 10.0 Å². The van der Waals surface area contributed by atoms with Gasteiger partial charge in [0, 0.05) is 7.05 Å². The first-order valence-electron chi connectivity index (χ1n) is 4.07. The van der Waals surface area contributed by atoms with Gasteiger partial charge in [-0.2, -0.15) is 9.57 Å². The van der Waals surface area contributed by atoms with E-state index in [4.69, 9.17) is 5.26 Å². The summed E-state index contributed by atoms with van der Waals surface area (Å²) in [4.78, 5) is -0.153. The Morgan fingerprint density at radius 1 is 1.53 bits per heavy atom. The molecule has 0 fully saturated rings. The molecule has 0 saturated heterocycles. The Labute approximate surface area is 87.6 Å². The quantitative estimate of drug-likeness (QED) is 0.724. The summed E-state index contributed by atoms with van der Waals surface area (Å²) >= 11 is 0. The van der Waals surface area contributed by atoms with E-state index in [0.717, 1.165) is 16.4 Å². The van der Waals surface area contributed by atoms with Crippen molar-refractivity contribution in [2.75, 3.05) is 13.6 Å². The Morgan fingerprint density at radius 2 is 2.20 bits per heavy atom. The molecule has 1 aromatic rings. The predicted octanol–water partition coefficient (Wildman–Crippen LogP) is 0.970. The Kier molecular flexibility index (Phi) is 3.39. The first-order valence-corrected chi connectivity index (χ1v) is 5.51. The van der Waals surface area contributed by atoms with E-state index >= 15 is 0 Å². The van der Waals surface area contributed by atoms with Gasteiger partial charge in [0.15, 0.2) is 0 Å². The molecule has 6 heteroatoms. The van der Waals surface area contributed by atoms with E-state index in [0.29, 0.717) is 0 Å². The predicted molar refractivity (Wildman–Crippen MR) is 51.8 cm³/mol. The van der Waals surface area contributed by atoms with Gasteiger partial charge in [-0.05, 0) is 18.2 Å². The first kappa shape index (κ1) is 11.6. The summed E-state index contributed by atoms with van der Waals surface area (Å²) in [6.07, 6.45) is 0. The van der Waals surface area contributed by atoms with Crippen LogP contribution < -0.4 is 0 Å². The number of hydrogen-bond acceptors (Lipinski definition) is 3. The van der Waals surface area contributed by atoms with Crippen molar-refractivity contribution >= 4 is 10.0 Å². The van der Waals surface area contributed by atoms with Crippen molar-refractivity contribution in [3.63, 3.8) is 0 Å². The lowest BCUT2D eigenvalue weighted by molar-refractivity contribution is 0.500. The molecule has 15 heavy (non-hydrogen) atoms. The minimum absolute atomic E-state index is 0.153. The highest BCUT2D eigenvalue weighted by molar-refractivity contribution is 7.89. The highest BCUT2D eigenvalue weighted by Gasteiger charge is 2.20. The fourth-order valence-corrected chi connectivity index (χ4v) is 2.09. The van der Waals surface area contributed by atoms with Gasteiger partial charge in [-0.1, -0.05) is 6.07 Å². The normalized spacial score (nSPS) is 11.3. The van der Waals surface area contributed by atoms with E-state index in [9.17, 15) is 12.8 Å². The Hall–Kier alpha value is -1.45. The number of hydrogen-bond donors (Lipinski definition) is 0. The van der Waals surface area contributed by atoms with Crippen molar-refractivity contribution in [1.29, 1.82) is 5.26 Å². The van der Waals surface area contributed by atoms with Crippen LogP contribution in [0.5, 0.6) is 0 Å². The largest absolute Gasteiger partial charge is 0.243 e. The molecule has 0 amide bonds. The molecule has 0 saturated carbocycles. The third-order valence-corrected chi connectivity index (χ3v) is 3.60. The maximum absolute atomic E-state index is 12.8. The summed E-state index contributed by atoms with van der Waals surface area (Å²) in [6.45, 7) is -0.265. The van der Waals surface area contributed by atoms with E-state index < -0.39 is 15.8 Å². The molecule has 0 aliphatic rings. The van der Waals surface area contributed by atoms with E-state index in [2.05, 4.69) is 0 Å². The number of benzene rings is 1. The lowest BCUT2D eigenvalue weighted by atomic mass is 10.4. The summed E-state index contributed by atoms with van der Waals surface area (Å²) in [5, 5.41) is 8.37. The zero-order chi connectivity index (χ0) is 11.5. The molecule has 0 heterocycles. The Morgan fingerprint density at radius 3 is 2.73 bits per heavy atom. The molecular formula is C9H9FN2O2S. The van der Waals surface area contributed by atoms with Crippen molar-refractivity contribution in [1.82, 2.24) is 4.31 Å². The molecule has 4 nitrogen and oxygen atoms in total. The molecule has 0 spiro atoms. The highest BCUT2D eigenvalue weighted by atomic mass is 32.2. The second kappa shape index (κ2) is 4.38. The summed E-state index contributed by atoms with van der Waals surface area (Å²) in [5.41, 5.74) is 0. The second-order valence-electron chi connectivity index (χ2n) is 2.88. The van der Waals surface area contributed by atoms with Gasteiger partial charge in [0.25, 0.3) is 0 Å². The molecule has 0 N–H and O–H groups in total. The zero-order valence-electron chi connectivity index (χ0n) is 8.01. The molecule has 80 valence electrons. The van der Waals surface area contributed by atoms with Crippen molar-refractivity contribution < 1.29 is 12.8 Å². The fourth-order valence-electron chi connectivity index (χ4n) is 0.992. The topological polar surface area (TPSA) is 61.2 Å². The monoisotopic (exact) mass is 228 g/mol. The minimum Gasteiger partial charge on any atom is -0.207 e. The molecule has 0 radical (unpaired) electrons. The fraction of sp³-hybridized carbons (Fsp3) is 0.222. The molecule has 0 bridgehead atoms. The van der Waals surface area contributed by atoms with Crippen LogP contribution in [0.2, 0.25) is 0 Å². The molecule has 0 atom stereocenters. The summed E-state index contributed by atoms with van der Waals surface area (Å²) in [7, 11) is -2.49.